The van der Waals surface area contributed by atoms with Crippen molar-refractivity contribution in [2.75, 3.05) is 11.5 Å². The number of thioether (sulfide) groups is 2. The molecule has 1 aromatic carbocycles. The summed E-state index contributed by atoms with van der Waals surface area (Å²) in [5.41, 5.74) is 1.43. The van der Waals surface area contributed by atoms with Gasteiger partial charge in [0, 0.05) is 0 Å². The maximum atomic E-state index is 2.32. The summed E-state index contributed by atoms with van der Waals surface area (Å²) in [6.07, 6.45) is 0. The summed E-state index contributed by atoms with van der Waals surface area (Å²) in [4.78, 5) is 0. The topological polar surface area (TPSA) is 0 Å². The molecule has 78 valence electrons. The van der Waals surface area contributed by atoms with Gasteiger partial charge in [-0.3, -0.25) is 0 Å². The molecule has 0 atom stereocenters. The molecular formula is C12H18S2. The lowest BCUT2D eigenvalue weighted by atomic mass is 10.2. The van der Waals surface area contributed by atoms with Gasteiger partial charge in [-0.25, -0.2) is 0 Å². The molecule has 0 aliphatic rings. The Balaban J connectivity index is 2.87. The first kappa shape index (κ1) is 12.0. The Morgan fingerprint density at radius 2 is 1.50 bits per heavy atom. The van der Waals surface area contributed by atoms with Crippen LogP contribution in [0.1, 0.15) is 26.3 Å². The van der Waals surface area contributed by atoms with Crippen LogP contribution in [-0.4, -0.2) is 11.5 Å². The Bertz CT molecular complexity index is 250. The van der Waals surface area contributed by atoms with E-state index in [2.05, 4.69) is 51.1 Å². The molecule has 0 saturated heterocycles. The van der Waals surface area contributed by atoms with Crippen molar-refractivity contribution in [3.05, 3.63) is 35.9 Å². The second-order valence-electron chi connectivity index (χ2n) is 3.18. The maximum absolute atomic E-state index is 2.32. The van der Waals surface area contributed by atoms with E-state index in [0.29, 0.717) is 0 Å². The van der Waals surface area contributed by atoms with E-state index < -0.39 is 0 Å². The number of rotatable bonds is 5. The normalized spacial score (nSPS) is 11.6. The van der Waals surface area contributed by atoms with Crippen LogP contribution in [0.5, 0.6) is 0 Å². The summed E-state index contributed by atoms with van der Waals surface area (Å²) in [5.74, 6) is 2.33. The number of hydrogen-bond donors (Lipinski definition) is 0. The molecule has 0 spiro atoms. The molecule has 0 heterocycles. The van der Waals surface area contributed by atoms with E-state index in [4.69, 9.17) is 0 Å². The van der Waals surface area contributed by atoms with Gasteiger partial charge >= 0.3 is 0 Å². The third-order valence-electron chi connectivity index (χ3n) is 2.14. The lowest BCUT2D eigenvalue weighted by Gasteiger charge is -2.28. The van der Waals surface area contributed by atoms with E-state index >= 15 is 0 Å². The van der Waals surface area contributed by atoms with Crippen LogP contribution in [0.25, 0.3) is 0 Å². The predicted octanol–water partition coefficient (Wildman–Crippen LogP) is 4.37. The van der Waals surface area contributed by atoms with Crippen molar-refractivity contribution >= 4 is 23.5 Å². The smallest absolute Gasteiger partial charge is 0.0831 e. The Labute approximate surface area is 95.9 Å². The van der Waals surface area contributed by atoms with Crippen LogP contribution < -0.4 is 0 Å². The van der Waals surface area contributed by atoms with Gasteiger partial charge in [0.05, 0.1) is 4.08 Å². The van der Waals surface area contributed by atoms with Gasteiger partial charge in [-0.05, 0) is 24.0 Å². The van der Waals surface area contributed by atoms with Crippen molar-refractivity contribution in [3.8, 4) is 0 Å². The van der Waals surface area contributed by atoms with Gasteiger partial charge in [0.2, 0.25) is 0 Å². The molecule has 0 radical (unpaired) electrons. The fourth-order valence-electron chi connectivity index (χ4n) is 1.50. The van der Waals surface area contributed by atoms with E-state index in [1.54, 1.807) is 0 Å². The average molecular weight is 226 g/mol. The second-order valence-corrected chi connectivity index (χ2v) is 6.80. The minimum absolute atomic E-state index is 0.227. The summed E-state index contributed by atoms with van der Waals surface area (Å²) < 4.78 is 0.227. The second kappa shape index (κ2) is 5.72. The van der Waals surface area contributed by atoms with Crippen LogP contribution in [0, 0.1) is 0 Å². The van der Waals surface area contributed by atoms with Crippen molar-refractivity contribution in [2.24, 2.45) is 0 Å². The van der Waals surface area contributed by atoms with Gasteiger partial charge in [0.15, 0.2) is 0 Å². The van der Waals surface area contributed by atoms with Crippen LogP contribution in [0.2, 0.25) is 0 Å². The van der Waals surface area contributed by atoms with Gasteiger partial charge < -0.3 is 0 Å². The lowest BCUT2D eigenvalue weighted by Crippen LogP contribution is -2.13. The molecule has 0 fully saturated rings. The number of benzene rings is 1. The zero-order valence-corrected chi connectivity index (χ0v) is 10.8. The fraction of sp³-hybridized carbons (Fsp3) is 0.500. The van der Waals surface area contributed by atoms with Crippen molar-refractivity contribution in [1.82, 2.24) is 0 Å². The van der Waals surface area contributed by atoms with E-state index in [9.17, 15) is 0 Å². The van der Waals surface area contributed by atoms with Gasteiger partial charge in [-0.15, -0.1) is 23.5 Å². The maximum Gasteiger partial charge on any atom is 0.0831 e. The number of hydrogen-bond acceptors (Lipinski definition) is 2. The monoisotopic (exact) mass is 226 g/mol. The SMILES string of the molecule is CCSC(C)(SCC)c1ccccc1. The van der Waals surface area contributed by atoms with Crippen LogP contribution in [0.4, 0.5) is 0 Å². The Kier molecular flexibility index (Phi) is 4.90. The third-order valence-corrected chi connectivity index (χ3v) is 5.00. The summed E-state index contributed by atoms with van der Waals surface area (Å²) >= 11 is 4.04. The molecule has 2 heteroatoms. The Morgan fingerprint density at radius 3 is 1.93 bits per heavy atom. The zero-order valence-electron chi connectivity index (χ0n) is 9.12. The van der Waals surface area contributed by atoms with Crippen LogP contribution in [-0.2, 0) is 4.08 Å². The quantitative estimate of drug-likeness (QED) is 0.684. The predicted molar refractivity (Wildman–Crippen MR) is 70.1 cm³/mol. The minimum atomic E-state index is 0.227. The highest BCUT2D eigenvalue weighted by Crippen LogP contribution is 2.45. The molecule has 0 aliphatic heterocycles. The largest absolute Gasteiger partial charge is 0.140 e. The summed E-state index contributed by atoms with van der Waals surface area (Å²) in [7, 11) is 0. The molecule has 0 bridgehead atoms. The summed E-state index contributed by atoms with van der Waals surface area (Å²) in [6, 6.07) is 10.8. The first-order valence-corrected chi connectivity index (χ1v) is 7.03. The molecule has 14 heavy (non-hydrogen) atoms. The first-order valence-electron chi connectivity index (χ1n) is 5.06. The van der Waals surface area contributed by atoms with Crippen LogP contribution in [0.15, 0.2) is 30.3 Å². The average Bonchev–Trinajstić information content (AvgIpc) is 2.20. The van der Waals surface area contributed by atoms with Gasteiger partial charge in [-0.2, -0.15) is 0 Å². The summed E-state index contributed by atoms with van der Waals surface area (Å²) in [6.45, 7) is 6.77. The van der Waals surface area contributed by atoms with Gasteiger partial charge in [0.1, 0.15) is 0 Å². The minimum Gasteiger partial charge on any atom is -0.140 e. The molecule has 0 unspecified atom stereocenters. The van der Waals surface area contributed by atoms with E-state index in [-0.39, 0.29) is 4.08 Å². The fourth-order valence-corrected chi connectivity index (χ4v) is 4.25. The molecule has 1 rings (SSSR count). The highest BCUT2D eigenvalue weighted by Gasteiger charge is 2.25. The molecule has 0 aliphatic carbocycles. The highest BCUT2D eigenvalue weighted by molar-refractivity contribution is 8.17. The first-order chi connectivity index (χ1) is 6.73. The zero-order chi connectivity index (χ0) is 10.4. The molecule has 0 nitrogen and oxygen atoms in total. The van der Waals surface area contributed by atoms with Crippen molar-refractivity contribution in [2.45, 2.75) is 24.9 Å². The standard InChI is InChI=1S/C12H18S2/c1-4-13-12(3,14-5-2)11-9-7-6-8-10-11/h6-10H,4-5H2,1-3H3. The molecule has 0 saturated carbocycles. The van der Waals surface area contributed by atoms with E-state index in [1.807, 2.05) is 23.5 Å². The lowest BCUT2D eigenvalue weighted by molar-refractivity contribution is 1.01. The van der Waals surface area contributed by atoms with Gasteiger partial charge in [0.25, 0.3) is 0 Å². The molecule has 0 aromatic heterocycles. The van der Waals surface area contributed by atoms with Crippen LogP contribution in [0.3, 0.4) is 0 Å². The molecule has 0 amide bonds. The highest BCUT2D eigenvalue weighted by atomic mass is 32.2. The van der Waals surface area contributed by atoms with Crippen LogP contribution >= 0.6 is 23.5 Å². The Morgan fingerprint density at radius 1 is 1.00 bits per heavy atom. The molecular weight excluding hydrogens is 208 g/mol. The van der Waals surface area contributed by atoms with Gasteiger partial charge in [-0.1, -0.05) is 44.2 Å². The van der Waals surface area contributed by atoms with Crippen molar-refractivity contribution < 1.29 is 0 Å². The third kappa shape index (κ3) is 2.96. The summed E-state index contributed by atoms with van der Waals surface area (Å²) in [5, 5.41) is 0. The Hall–Kier alpha value is -0.0800. The van der Waals surface area contributed by atoms with Crippen molar-refractivity contribution in [3.63, 3.8) is 0 Å². The molecule has 1 aromatic rings. The van der Waals surface area contributed by atoms with E-state index in [1.165, 1.54) is 17.1 Å². The van der Waals surface area contributed by atoms with Crippen molar-refractivity contribution in [1.29, 1.82) is 0 Å². The molecule has 0 N–H and O–H groups in total. The van der Waals surface area contributed by atoms with E-state index in [0.717, 1.165) is 0 Å².